The first-order valence-corrected chi connectivity index (χ1v) is 15.3. The summed E-state index contributed by atoms with van der Waals surface area (Å²) in [5, 5.41) is 103. The van der Waals surface area contributed by atoms with E-state index >= 15 is 0 Å². The predicted octanol–water partition coefficient (Wildman–Crippen LogP) is 7.39. The van der Waals surface area contributed by atoms with E-state index in [0.29, 0.717) is 27.8 Å². The van der Waals surface area contributed by atoms with Gasteiger partial charge in [-0.1, -0.05) is 44.2 Å². The highest BCUT2D eigenvalue weighted by Crippen LogP contribution is 2.53. The van der Waals surface area contributed by atoms with E-state index < -0.39 is 23.7 Å². The summed E-state index contributed by atoms with van der Waals surface area (Å²) in [6, 6.07) is 22.4. The molecule has 10 heteroatoms. The van der Waals surface area contributed by atoms with E-state index in [2.05, 4.69) is 0 Å². The Labute approximate surface area is 277 Å². The van der Waals surface area contributed by atoms with Crippen LogP contribution < -0.4 is 0 Å². The predicted molar refractivity (Wildman–Crippen MR) is 179 cm³/mol. The summed E-state index contributed by atoms with van der Waals surface area (Å²) < 4.78 is 0. The Morgan fingerprint density at radius 3 is 1.02 bits per heavy atom. The van der Waals surface area contributed by atoms with Gasteiger partial charge in [0.1, 0.15) is 0 Å². The van der Waals surface area contributed by atoms with Gasteiger partial charge in [0.2, 0.25) is 0 Å². The summed E-state index contributed by atoms with van der Waals surface area (Å²) >= 11 is 0. The molecule has 5 aromatic rings. The van der Waals surface area contributed by atoms with Gasteiger partial charge >= 0.3 is 0 Å². The minimum Gasteiger partial charge on any atom is -0.504 e. The highest BCUT2D eigenvalue weighted by Gasteiger charge is 2.36. The molecule has 0 aliphatic carbocycles. The van der Waals surface area contributed by atoms with Crippen LogP contribution >= 0.6 is 0 Å². The van der Waals surface area contributed by atoms with Crippen molar-refractivity contribution >= 4 is 0 Å². The van der Waals surface area contributed by atoms with E-state index in [1.807, 2.05) is 13.8 Å². The van der Waals surface area contributed by atoms with Crippen LogP contribution in [0.5, 0.6) is 57.5 Å². The number of rotatable bonds is 10. The van der Waals surface area contributed by atoms with Crippen molar-refractivity contribution in [1.29, 1.82) is 0 Å². The Hall–Kier alpha value is -5.90. The van der Waals surface area contributed by atoms with E-state index in [-0.39, 0.29) is 69.8 Å². The Balaban J connectivity index is 1.75. The number of hydrogen-bond acceptors (Lipinski definition) is 10. The zero-order valence-corrected chi connectivity index (χ0v) is 26.2. The van der Waals surface area contributed by atoms with Crippen molar-refractivity contribution in [2.45, 2.75) is 49.9 Å². The fraction of sp³-hybridized carbons (Fsp3) is 0.211. The maximum atomic E-state index is 10.7. The Bertz CT molecular complexity index is 1940. The van der Waals surface area contributed by atoms with E-state index in [9.17, 15) is 51.1 Å². The third kappa shape index (κ3) is 6.78. The first-order valence-electron chi connectivity index (χ1n) is 15.3. The minimum absolute atomic E-state index is 0.276. The first kappa shape index (κ1) is 33.5. The highest BCUT2D eigenvalue weighted by molar-refractivity contribution is 5.50. The molecule has 0 saturated carbocycles. The van der Waals surface area contributed by atoms with Crippen LogP contribution in [0.2, 0.25) is 0 Å². The minimum atomic E-state index is -0.557. The Morgan fingerprint density at radius 1 is 0.333 bits per heavy atom. The van der Waals surface area contributed by atoms with Gasteiger partial charge < -0.3 is 51.1 Å². The van der Waals surface area contributed by atoms with Gasteiger partial charge in [-0.2, -0.15) is 0 Å². The lowest BCUT2D eigenvalue weighted by Gasteiger charge is -2.37. The smallest absolute Gasteiger partial charge is 0.157 e. The van der Waals surface area contributed by atoms with Crippen LogP contribution in [0.4, 0.5) is 0 Å². The number of aromatic hydroxyl groups is 10. The lowest BCUT2D eigenvalue weighted by Crippen LogP contribution is -2.22. The van der Waals surface area contributed by atoms with Crippen molar-refractivity contribution < 1.29 is 51.1 Å². The van der Waals surface area contributed by atoms with Crippen LogP contribution in [-0.4, -0.2) is 51.1 Å². The summed E-state index contributed by atoms with van der Waals surface area (Å²) in [5.74, 6) is -5.68. The summed E-state index contributed by atoms with van der Waals surface area (Å²) in [5.41, 5.74) is 3.09. The molecule has 10 nitrogen and oxygen atoms in total. The lowest BCUT2D eigenvalue weighted by molar-refractivity contribution is 0.375. The van der Waals surface area contributed by atoms with Gasteiger partial charge in [-0.25, -0.2) is 0 Å². The van der Waals surface area contributed by atoms with E-state index in [1.165, 1.54) is 60.7 Å². The topological polar surface area (TPSA) is 202 Å². The SMILES string of the molecule is CC(c1ccc(O)c(O)c1)C(CC(c1ccc(O)c(O)c1)C(c1ccc(O)c(O)c1)C(C)c1ccc(O)c(O)c1)c1ccc(O)c(O)c1. The van der Waals surface area contributed by atoms with Gasteiger partial charge in [-0.3, -0.25) is 0 Å². The van der Waals surface area contributed by atoms with Gasteiger partial charge in [-0.05, 0) is 124 Å². The quantitative estimate of drug-likeness (QED) is 0.0676. The average molecular weight is 655 g/mol. The fourth-order valence-electron chi connectivity index (χ4n) is 6.64. The molecule has 5 rings (SSSR count). The van der Waals surface area contributed by atoms with Gasteiger partial charge in [0.25, 0.3) is 0 Å². The van der Waals surface area contributed by atoms with Crippen LogP contribution in [-0.2, 0) is 0 Å². The van der Waals surface area contributed by atoms with Gasteiger partial charge in [0.15, 0.2) is 57.5 Å². The zero-order chi connectivity index (χ0) is 34.9. The van der Waals surface area contributed by atoms with Crippen molar-refractivity contribution in [2.24, 2.45) is 0 Å². The molecule has 5 atom stereocenters. The molecule has 250 valence electrons. The third-order valence-electron chi connectivity index (χ3n) is 9.37. The Morgan fingerprint density at radius 2 is 0.625 bits per heavy atom. The Kier molecular flexibility index (Phi) is 9.38. The number of hydrogen-bond donors (Lipinski definition) is 10. The van der Waals surface area contributed by atoms with Gasteiger partial charge in [0, 0.05) is 0 Å². The van der Waals surface area contributed by atoms with E-state index in [4.69, 9.17) is 0 Å². The molecular formula is C38H38O10. The third-order valence-corrected chi connectivity index (χ3v) is 9.37. The van der Waals surface area contributed by atoms with Crippen molar-refractivity contribution in [3.05, 3.63) is 119 Å². The van der Waals surface area contributed by atoms with Crippen LogP contribution in [0.25, 0.3) is 0 Å². The molecule has 0 radical (unpaired) electrons. The van der Waals surface area contributed by atoms with Crippen molar-refractivity contribution in [1.82, 2.24) is 0 Å². The van der Waals surface area contributed by atoms with Crippen LogP contribution in [0.1, 0.15) is 77.7 Å². The molecule has 0 saturated heterocycles. The maximum absolute atomic E-state index is 10.7. The molecule has 0 fully saturated rings. The highest BCUT2D eigenvalue weighted by atomic mass is 16.3. The number of phenolic OH excluding ortho intramolecular Hbond substituents is 10. The summed E-state index contributed by atoms with van der Waals surface area (Å²) in [7, 11) is 0. The molecule has 0 amide bonds. The summed E-state index contributed by atoms with van der Waals surface area (Å²) in [4.78, 5) is 0. The van der Waals surface area contributed by atoms with Crippen molar-refractivity contribution in [3.8, 4) is 57.5 Å². The molecule has 10 N–H and O–H groups in total. The zero-order valence-electron chi connectivity index (χ0n) is 26.2. The normalized spacial score (nSPS) is 14.5. The lowest BCUT2D eigenvalue weighted by atomic mass is 9.66. The standard InChI is InChI=1S/C38H38O10/c1-19(21-3-8-28(39)33(44)13-21)26(23-5-10-30(41)35(46)15-23)18-27(24-6-11-31(42)36(47)16-24)38(25-7-12-32(43)37(48)17-25)20(2)22-4-9-29(40)34(45)14-22/h3-17,19-20,26-27,38-48H,18H2,1-2H3. The fourth-order valence-corrected chi connectivity index (χ4v) is 6.64. The maximum Gasteiger partial charge on any atom is 0.157 e. The van der Waals surface area contributed by atoms with E-state index in [1.54, 1.807) is 30.3 Å². The molecule has 0 aromatic heterocycles. The second kappa shape index (κ2) is 13.4. The molecule has 5 unspecified atom stereocenters. The average Bonchev–Trinajstić information content (AvgIpc) is 3.05. The van der Waals surface area contributed by atoms with Crippen LogP contribution in [0, 0.1) is 0 Å². The van der Waals surface area contributed by atoms with Crippen LogP contribution in [0.3, 0.4) is 0 Å². The molecule has 0 aliphatic heterocycles. The first-order chi connectivity index (χ1) is 22.7. The second-order valence-corrected chi connectivity index (χ2v) is 12.3. The molecule has 48 heavy (non-hydrogen) atoms. The molecular weight excluding hydrogens is 616 g/mol. The van der Waals surface area contributed by atoms with E-state index in [0.717, 1.165) is 0 Å². The molecule has 0 spiro atoms. The van der Waals surface area contributed by atoms with Crippen molar-refractivity contribution in [2.75, 3.05) is 0 Å². The van der Waals surface area contributed by atoms with Gasteiger partial charge in [0.05, 0.1) is 0 Å². The number of phenols is 10. The second-order valence-electron chi connectivity index (χ2n) is 12.3. The molecule has 0 bridgehead atoms. The molecule has 5 aromatic carbocycles. The summed E-state index contributed by atoms with van der Waals surface area (Å²) in [6.07, 6.45) is 0.276. The molecule has 0 aliphatic rings. The van der Waals surface area contributed by atoms with Gasteiger partial charge in [-0.15, -0.1) is 0 Å². The summed E-state index contributed by atoms with van der Waals surface area (Å²) in [6.45, 7) is 3.81. The largest absolute Gasteiger partial charge is 0.504 e. The van der Waals surface area contributed by atoms with Crippen molar-refractivity contribution in [3.63, 3.8) is 0 Å². The molecule has 0 heterocycles. The monoisotopic (exact) mass is 654 g/mol. The number of benzene rings is 5. The van der Waals surface area contributed by atoms with Crippen LogP contribution in [0.15, 0.2) is 91.0 Å².